The molecule has 1 unspecified atom stereocenters. The summed E-state index contributed by atoms with van der Waals surface area (Å²) >= 11 is 0.717. The van der Waals surface area contributed by atoms with Gasteiger partial charge in [0.25, 0.3) is 11.1 Å². The predicted octanol–water partition coefficient (Wildman–Crippen LogP) is 5.53. The molecule has 0 bridgehead atoms. The average molecular weight is 482 g/mol. The summed E-state index contributed by atoms with van der Waals surface area (Å²) in [6.45, 7) is 7.81. The fourth-order valence-corrected chi connectivity index (χ4v) is 5.37. The van der Waals surface area contributed by atoms with E-state index in [4.69, 9.17) is 0 Å². The van der Waals surface area contributed by atoms with Crippen LogP contribution in [-0.4, -0.2) is 41.1 Å². The van der Waals surface area contributed by atoms with Crippen molar-refractivity contribution in [1.82, 2.24) is 4.90 Å². The summed E-state index contributed by atoms with van der Waals surface area (Å²) < 4.78 is 15.0. The third-order valence-electron chi connectivity index (χ3n) is 6.63. The third kappa shape index (κ3) is 4.46. The summed E-state index contributed by atoms with van der Waals surface area (Å²) in [6.07, 6.45) is 2.32. The van der Waals surface area contributed by atoms with Gasteiger partial charge in [-0.1, -0.05) is 25.1 Å². The number of carbonyl (C=O) groups is 3. The highest BCUT2D eigenvalue weighted by Crippen LogP contribution is 2.44. The molecule has 0 aliphatic carbocycles. The van der Waals surface area contributed by atoms with Crippen LogP contribution < -0.4 is 10.2 Å². The number of nitrogens with one attached hydrogen (secondary N) is 1. The third-order valence-corrected chi connectivity index (χ3v) is 7.54. The molecule has 1 fully saturated rings. The lowest BCUT2D eigenvalue weighted by Gasteiger charge is -2.45. The summed E-state index contributed by atoms with van der Waals surface area (Å²) in [7, 11) is 1.96. The SMILES string of the molecule is Cc1ccccc1NC(=O)CN1C(=O)S/C(=C/c2cc3c(cc2F)N(C)C(C)(C)CC3C)C1=O. The van der Waals surface area contributed by atoms with Crippen LogP contribution in [0.15, 0.2) is 41.3 Å². The molecule has 6 nitrogen and oxygen atoms in total. The Bertz CT molecular complexity index is 1220. The van der Waals surface area contributed by atoms with E-state index in [1.54, 1.807) is 18.2 Å². The van der Waals surface area contributed by atoms with E-state index < -0.39 is 29.4 Å². The van der Waals surface area contributed by atoms with Crippen LogP contribution >= 0.6 is 11.8 Å². The molecule has 2 aliphatic heterocycles. The van der Waals surface area contributed by atoms with Crippen LogP contribution in [0, 0.1) is 12.7 Å². The molecule has 2 aliphatic rings. The topological polar surface area (TPSA) is 69.7 Å². The van der Waals surface area contributed by atoms with Gasteiger partial charge in [0.15, 0.2) is 0 Å². The Labute approximate surface area is 203 Å². The van der Waals surface area contributed by atoms with Crippen molar-refractivity contribution < 1.29 is 18.8 Å². The molecule has 3 amide bonds. The molecule has 178 valence electrons. The number of imide groups is 1. The Hall–Kier alpha value is -3.13. The molecule has 0 radical (unpaired) electrons. The minimum absolute atomic E-state index is 0.0953. The molecule has 2 aromatic carbocycles. The summed E-state index contributed by atoms with van der Waals surface area (Å²) in [5.74, 6) is -1.32. The van der Waals surface area contributed by atoms with Crippen molar-refractivity contribution >= 4 is 46.3 Å². The fourth-order valence-electron chi connectivity index (χ4n) is 4.54. The number of hydrogen-bond acceptors (Lipinski definition) is 5. The van der Waals surface area contributed by atoms with Crippen molar-refractivity contribution in [3.05, 3.63) is 63.8 Å². The maximum absolute atomic E-state index is 15.0. The first-order valence-corrected chi connectivity index (χ1v) is 12.0. The number of halogens is 1. The number of para-hydroxylation sites is 1. The van der Waals surface area contributed by atoms with E-state index in [0.29, 0.717) is 17.4 Å². The van der Waals surface area contributed by atoms with E-state index in [9.17, 15) is 14.4 Å². The number of anilines is 2. The summed E-state index contributed by atoms with van der Waals surface area (Å²) in [4.78, 5) is 40.9. The van der Waals surface area contributed by atoms with Gasteiger partial charge in [0.05, 0.1) is 4.91 Å². The highest BCUT2D eigenvalue weighted by atomic mass is 32.2. The lowest BCUT2D eigenvalue weighted by atomic mass is 9.80. The Morgan fingerprint density at radius 3 is 2.68 bits per heavy atom. The maximum Gasteiger partial charge on any atom is 0.294 e. The largest absolute Gasteiger partial charge is 0.369 e. The predicted molar refractivity (Wildman–Crippen MR) is 134 cm³/mol. The zero-order valence-corrected chi connectivity index (χ0v) is 20.8. The van der Waals surface area contributed by atoms with E-state index in [0.717, 1.165) is 28.1 Å². The van der Waals surface area contributed by atoms with E-state index in [1.807, 2.05) is 26.1 Å². The zero-order chi connectivity index (χ0) is 24.8. The van der Waals surface area contributed by atoms with Crippen molar-refractivity contribution in [3.63, 3.8) is 0 Å². The van der Waals surface area contributed by atoms with Crippen LogP contribution in [-0.2, 0) is 9.59 Å². The number of fused-ring (bicyclic) bond motifs is 1. The standard InChI is InChI=1S/C26H28FN3O3S/c1-15-8-6-7-9-20(15)28-23(31)14-30-24(32)22(34-25(30)33)11-17-10-18-16(2)13-26(3,4)29(5)21(18)12-19(17)27/h6-12,16H,13-14H2,1-5H3,(H,28,31)/b22-11+. The fraction of sp³-hybridized carbons (Fsp3) is 0.346. The molecular formula is C26H28FN3O3S. The number of carbonyl (C=O) groups excluding carboxylic acids is 3. The molecule has 2 aromatic rings. The first-order chi connectivity index (χ1) is 16.0. The van der Waals surface area contributed by atoms with Gasteiger partial charge in [0.1, 0.15) is 12.4 Å². The van der Waals surface area contributed by atoms with Crippen LogP contribution in [0.2, 0.25) is 0 Å². The van der Waals surface area contributed by atoms with Gasteiger partial charge in [-0.3, -0.25) is 19.3 Å². The van der Waals surface area contributed by atoms with Gasteiger partial charge >= 0.3 is 0 Å². The lowest BCUT2D eigenvalue weighted by molar-refractivity contribution is -0.127. The lowest BCUT2D eigenvalue weighted by Crippen LogP contribution is -2.45. The van der Waals surface area contributed by atoms with E-state index in [-0.39, 0.29) is 21.9 Å². The summed E-state index contributed by atoms with van der Waals surface area (Å²) in [5, 5.41) is 2.17. The van der Waals surface area contributed by atoms with Crippen LogP contribution in [0.4, 0.5) is 20.6 Å². The van der Waals surface area contributed by atoms with Crippen molar-refractivity contribution in [1.29, 1.82) is 0 Å². The summed E-state index contributed by atoms with van der Waals surface area (Å²) in [5.41, 5.74) is 3.49. The van der Waals surface area contributed by atoms with Gasteiger partial charge < -0.3 is 10.2 Å². The monoisotopic (exact) mass is 481 g/mol. The van der Waals surface area contributed by atoms with Crippen molar-refractivity contribution in [2.45, 2.75) is 45.6 Å². The van der Waals surface area contributed by atoms with Crippen LogP contribution in [0.1, 0.15) is 49.8 Å². The Morgan fingerprint density at radius 2 is 1.97 bits per heavy atom. The van der Waals surface area contributed by atoms with Gasteiger partial charge in [0.2, 0.25) is 5.91 Å². The minimum atomic E-state index is -0.599. The van der Waals surface area contributed by atoms with Crippen molar-refractivity contribution in [2.24, 2.45) is 0 Å². The number of amides is 3. The van der Waals surface area contributed by atoms with Gasteiger partial charge in [-0.05, 0) is 80.3 Å². The smallest absolute Gasteiger partial charge is 0.294 e. The maximum atomic E-state index is 15.0. The second-order valence-corrected chi connectivity index (χ2v) is 10.5. The van der Waals surface area contributed by atoms with Crippen LogP contribution in [0.25, 0.3) is 6.08 Å². The quantitative estimate of drug-likeness (QED) is 0.582. The second kappa shape index (κ2) is 8.91. The molecule has 2 heterocycles. The number of hydrogen-bond donors (Lipinski definition) is 1. The highest BCUT2D eigenvalue weighted by molar-refractivity contribution is 8.18. The van der Waals surface area contributed by atoms with Gasteiger partial charge in [-0.2, -0.15) is 0 Å². The minimum Gasteiger partial charge on any atom is -0.369 e. The Balaban J connectivity index is 1.55. The zero-order valence-electron chi connectivity index (χ0n) is 19.9. The van der Waals surface area contributed by atoms with Crippen LogP contribution in [0.5, 0.6) is 0 Å². The Morgan fingerprint density at radius 1 is 1.26 bits per heavy atom. The number of benzene rings is 2. The number of aryl methyl sites for hydroxylation is 1. The molecule has 0 saturated carbocycles. The normalized spacial score (nSPS) is 20.6. The molecule has 4 rings (SSSR count). The second-order valence-electron chi connectivity index (χ2n) is 9.54. The molecule has 34 heavy (non-hydrogen) atoms. The number of rotatable bonds is 4. The molecular weight excluding hydrogens is 453 g/mol. The van der Waals surface area contributed by atoms with Crippen LogP contribution in [0.3, 0.4) is 0 Å². The number of nitrogens with zero attached hydrogens (tertiary/aromatic N) is 2. The molecule has 1 saturated heterocycles. The molecule has 1 N–H and O–H groups in total. The first kappa shape index (κ1) is 24.0. The van der Waals surface area contributed by atoms with Crippen molar-refractivity contribution in [2.75, 3.05) is 23.8 Å². The first-order valence-electron chi connectivity index (χ1n) is 11.2. The van der Waals surface area contributed by atoms with Gasteiger partial charge in [0, 0.05) is 29.5 Å². The van der Waals surface area contributed by atoms with E-state index in [2.05, 4.69) is 31.0 Å². The molecule has 0 aromatic heterocycles. The number of thioether (sulfide) groups is 1. The molecule has 8 heteroatoms. The Kier molecular flexibility index (Phi) is 6.29. The molecule has 0 spiro atoms. The van der Waals surface area contributed by atoms with Crippen molar-refractivity contribution in [3.8, 4) is 0 Å². The van der Waals surface area contributed by atoms with Gasteiger partial charge in [-0.15, -0.1) is 0 Å². The molecule has 1 atom stereocenters. The summed E-state index contributed by atoms with van der Waals surface area (Å²) in [6, 6.07) is 10.5. The average Bonchev–Trinajstić information content (AvgIpc) is 3.02. The van der Waals surface area contributed by atoms with Gasteiger partial charge in [-0.25, -0.2) is 4.39 Å². The van der Waals surface area contributed by atoms with E-state index in [1.165, 1.54) is 12.1 Å². The van der Waals surface area contributed by atoms with E-state index >= 15 is 4.39 Å². The highest BCUT2D eigenvalue weighted by Gasteiger charge is 2.38.